The van der Waals surface area contributed by atoms with Crippen LogP contribution in [0.15, 0.2) is 60.7 Å². The van der Waals surface area contributed by atoms with E-state index in [9.17, 15) is 9.59 Å². The van der Waals surface area contributed by atoms with Gasteiger partial charge in [-0.1, -0.05) is 36.4 Å². The second-order valence-corrected chi connectivity index (χ2v) is 8.20. The van der Waals surface area contributed by atoms with Gasteiger partial charge >= 0.3 is 6.03 Å². The van der Waals surface area contributed by atoms with E-state index < -0.39 is 0 Å². The van der Waals surface area contributed by atoms with E-state index in [1.165, 1.54) is 0 Å². The Balaban J connectivity index is 1.36. The van der Waals surface area contributed by atoms with Gasteiger partial charge in [0.25, 0.3) is 0 Å². The van der Waals surface area contributed by atoms with Crippen LogP contribution in [0.2, 0.25) is 0 Å². The van der Waals surface area contributed by atoms with Crippen LogP contribution in [0.4, 0.5) is 10.5 Å². The predicted octanol–water partition coefficient (Wildman–Crippen LogP) is 4.05. The lowest BCUT2D eigenvalue weighted by Gasteiger charge is -2.32. The number of aromatic nitrogens is 2. The number of hydrogen-bond donors (Lipinski definition) is 2. The molecule has 3 aromatic rings. The average molecular weight is 432 g/mol. The van der Waals surface area contributed by atoms with Crippen LogP contribution < -0.4 is 10.6 Å². The smallest absolute Gasteiger partial charge is 0.321 e. The monoisotopic (exact) mass is 431 g/mol. The van der Waals surface area contributed by atoms with Crippen molar-refractivity contribution in [3.8, 4) is 5.69 Å². The Morgan fingerprint density at radius 2 is 1.72 bits per heavy atom. The van der Waals surface area contributed by atoms with E-state index in [1.54, 1.807) is 4.90 Å². The van der Waals surface area contributed by atoms with Gasteiger partial charge in [0.05, 0.1) is 17.3 Å². The number of piperidine rings is 1. The molecule has 0 saturated carbocycles. The third-order valence-corrected chi connectivity index (χ3v) is 5.99. The van der Waals surface area contributed by atoms with Crippen molar-refractivity contribution in [3.63, 3.8) is 0 Å². The Morgan fingerprint density at radius 3 is 2.44 bits per heavy atom. The second-order valence-electron chi connectivity index (χ2n) is 8.20. The van der Waals surface area contributed by atoms with Crippen molar-refractivity contribution in [2.45, 2.75) is 33.2 Å². The maximum absolute atomic E-state index is 12.9. The molecule has 0 spiro atoms. The lowest BCUT2D eigenvalue weighted by molar-refractivity contribution is -0.126. The van der Waals surface area contributed by atoms with Crippen molar-refractivity contribution in [2.75, 3.05) is 18.4 Å². The fraction of sp³-hybridized carbons (Fsp3) is 0.320. The number of rotatable bonds is 5. The highest BCUT2D eigenvalue weighted by Crippen LogP contribution is 2.20. The van der Waals surface area contributed by atoms with Crippen LogP contribution in [-0.4, -0.2) is 39.7 Å². The van der Waals surface area contributed by atoms with Gasteiger partial charge in [0.15, 0.2) is 0 Å². The summed E-state index contributed by atoms with van der Waals surface area (Å²) in [6, 6.07) is 19.2. The standard InChI is InChI=1S/C25H29N5O2/c1-18-23(19(2)30(28-18)22-13-7-4-8-14-22)16-26-24(31)20-10-9-15-29(17-20)25(32)27-21-11-5-3-6-12-21/h3-8,11-14,20H,9-10,15-17H2,1-2H3,(H,26,31)(H,27,32)/t20-/m1/s1. The molecule has 2 N–H and O–H groups in total. The molecule has 1 saturated heterocycles. The van der Waals surface area contributed by atoms with Crippen LogP contribution in [0.3, 0.4) is 0 Å². The summed E-state index contributed by atoms with van der Waals surface area (Å²) in [5.41, 5.74) is 4.70. The molecule has 2 heterocycles. The van der Waals surface area contributed by atoms with E-state index in [4.69, 9.17) is 0 Å². The topological polar surface area (TPSA) is 79.3 Å². The quantitative estimate of drug-likeness (QED) is 0.640. The third kappa shape index (κ3) is 4.82. The number of carbonyl (C=O) groups is 2. The first kappa shape index (κ1) is 21.6. The van der Waals surface area contributed by atoms with Gasteiger partial charge in [-0.05, 0) is 51.0 Å². The number of benzene rings is 2. The molecule has 0 bridgehead atoms. The van der Waals surface area contributed by atoms with Crippen LogP contribution in [0.25, 0.3) is 5.69 Å². The predicted molar refractivity (Wildman–Crippen MR) is 125 cm³/mol. The second kappa shape index (κ2) is 9.68. The lowest BCUT2D eigenvalue weighted by Crippen LogP contribution is -2.46. The largest absolute Gasteiger partial charge is 0.352 e. The summed E-state index contributed by atoms with van der Waals surface area (Å²) in [5, 5.41) is 10.6. The molecule has 1 aromatic heterocycles. The Hall–Kier alpha value is -3.61. The minimum absolute atomic E-state index is 0.0199. The maximum Gasteiger partial charge on any atom is 0.321 e. The maximum atomic E-state index is 12.9. The number of nitrogens with one attached hydrogen (secondary N) is 2. The van der Waals surface area contributed by atoms with Gasteiger partial charge in [0.1, 0.15) is 0 Å². The first-order valence-corrected chi connectivity index (χ1v) is 11.0. The number of hydrogen-bond acceptors (Lipinski definition) is 3. The molecule has 1 aliphatic heterocycles. The highest BCUT2D eigenvalue weighted by Gasteiger charge is 2.28. The Bertz CT molecular complexity index is 1080. The summed E-state index contributed by atoms with van der Waals surface area (Å²) in [7, 11) is 0. The fourth-order valence-electron chi connectivity index (χ4n) is 4.17. The van der Waals surface area contributed by atoms with Crippen molar-refractivity contribution in [3.05, 3.63) is 77.6 Å². The molecule has 2 aromatic carbocycles. The first-order valence-electron chi connectivity index (χ1n) is 11.0. The van der Waals surface area contributed by atoms with E-state index in [1.807, 2.05) is 79.2 Å². The van der Waals surface area contributed by atoms with Crippen molar-refractivity contribution < 1.29 is 9.59 Å². The molecule has 1 atom stereocenters. The van der Waals surface area contributed by atoms with Gasteiger partial charge in [0.2, 0.25) is 5.91 Å². The van der Waals surface area contributed by atoms with E-state index >= 15 is 0 Å². The van der Waals surface area contributed by atoms with Crippen LogP contribution in [0.1, 0.15) is 29.8 Å². The zero-order chi connectivity index (χ0) is 22.5. The molecule has 1 fully saturated rings. The summed E-state index contributed by atoms with van der Waals surface area (Å²) < 4.78 is 1.91. The van der Waals surface area contributed by atoms with Crippen molar-refractivity contribution in [1.82, 2.24) is 20.0 Å². The number of likely N-dealkylation sites (tertiary alicyclic amines) is 1. The van der Waals surface area contributed by atoms with E-state index in [0.717, 1.165) is 41.2 Å². The average Bonchev–Trinajstić information content (AvgIpc) is 3.12. The Kier molecular flexibility index (Phi) is 6.54. The molecule has 3 amide bonds. The molecule has 32 heavy (non-hydrogen) atoms. The highest BCUT2D eigenvalue weighted by atomic mass is 16.2. The van der Waals surface area contributed by atoms with Gasteiger partial charge in [-0.2, -0.15) is 5.10 Å². The summed E-state index contributed by atoms with van der Waals surface area (Å²) >= 11 is 0. The molecule has 1 aliphatic rings. The third-order valence-electron chi connectivity index (χ3n) is 5.99. The molecule has 4 rings (SSSR count). The minimum Gasteiger partial charge on any atom is -0.352 e. The van der Waals surface area contributed by atoms with E-state index in [2.05, 4.69) is 15.7 Å². The Labute approximate surface area is 188 Å². The number of para-hydroxylation sites is 2. The first-order chi connectivity index (χ1) is 15.5. The number of carbonyl (C=O) groups excluding carboxylic acids is 2. The van der Waals surface area contributed by atoms with Gasteiger partial charge in [-0.25, -0.2) is 9.48 Å². The van der Waals surface area contributed by atoms with E-state index in [-0.39, 0.29) is 17.9 Å². The Morgan fingerprint density at radius 1 is 1.03 bits per heavy atom. The summed E-state index contributed by atoms with van der Waals surface area (Å²) in [6.07, 6.45) is 1.59. The van der Waals surface area contributed by atoms with Gasteiger partial charge in [-0.3, -0.25) is 4.79 Å². The zero-order valence-electron chi connectivity index (χ0n) is 18.5. The summed E-state index contributed by atoms with van der Waals surface area (Å²) in [4.78, 5) is 27.2. The van der Waals surface area contributed by atoms with Crippen LogP contribution in [0, 0.1) is 19.8 Å². The number of amides is 3. The molecule has 7 heteroatoms. The van der Waals surface area contributed by atoms with Crippen LogP contribution in [0.5, 0.6) is 0 Å². The SMILES string of the molecule is Cc1nn(-c2ccccc2)c(C)c1CNC(=O)[C@@H]1CCCN(C(=O)Nc2ccccc2)C1. The number of anilines is 1. The van der Waals surface area contributed by atoms with Gasteiger partial charge in [-0.15, -0.1) is 0 Å². The van der Waals surface area contributed by atoms with E-state index in [0.29, 0.717) is 19.6 Å². The fourth-order valence-corrected chi connectivity index (χ4v) is 4.17. The summed E-state index contributed by atoms with van der Waals surface area (Å²) in [5.74, 6) is -0.233. The van der Waals surface area contributed by atoms with Gasteiger partial charge < -0.3 is 15.5 Å². The molecule has 0 aliphatic carbocycles. The molecule has 7 nitrogen and oxygen atoms in total. The number of urea groups is 1. The van der Waals surface area contributed by atoms with Crippen LogP contribution >= 0.6 is 0 Å². The minimum atomic E-state index is -0.213. The molecule has 166 valence electrons. The van der Waals surface area contributed by atoms with Crippen molar-refractivity contribution in [1.29, 1.82) is 0 Å². The van der Waals surface area contributed by atoms with Crippen LogP contribution in [-0.2, 0) is 11.3 Å². The molecule has 0 radical (unpaired) electrons. The molecule has 0 unspecified atom stereocenters. The molecular weight excluding hydrogens is 402 g/mol. The number of aryl methyl sites for hydroxylation is 1. The molecular formula is C25H29N5O2. The van der Waals surface area contributed by atoms with Crippen molar-refractivity contribution in [2.24, 2.45) is 5.92 Å². The summed E-state index contributed by atoms with van der Waals surface area (Å²) in [6.45, 7) is 5.49. The normalized spacial score (nSPS) is 15.9. The van der Waals surface area contributed by atoms with Crippen molar-refractivity contribution >= 4 is 17.6 Å². The van der Waals surface area contributed by atoms with Gasteiger partial charge in [0, 0.05) is 36.6 Å². The zero-order valence-corrected chi connectivity index (χ0v) is 18.5. The highest BCUT2D eigenvalue weighted by molar-refractivity contribution is 5.90. The number of nitrogens with zero attached hydrogens (tertiary/aromatic N) is 3. The lowest BCUT2D eigenvalue weighted by atomic mass is 9.97.